The number of ether oxygens (including phenoxy) is 2. The van der Waals surface area contributed by atoms with Gasteiger partial charge in [-0.05, 0) is 58.6 Å². The van der Waals surface area contributed by atoms with Crippen molar-refractivity contribution in [1.82, 2.24) is 15.3 Å². The van der Waals surface area contributed by atoms with Gasteiger partial charge in [-0.15, -0.1) is 0 Å². The molecule has 0 aliphatic carbocycles. The van der Waals surface area contributed by atoms with Gasteiger partial charge >= 0.3 is 0 Å². The number of fused-ring (bicyclic) bond motifs is 1. The number of benzene rings is 3. The molecule has 0 fully saturated rings. The Bertz CT molecular complexity index is 1210. The molecule has 7 heteroatoms. The smallest absolute Gasteiger partial charge is 0.252 e. The Labute approximate surface area is 201 Å². The van der Waals surface area contributed by atoms with Crippen molar-refractivity contribution in [2.75, 3.05) is 13.7 Å². The number of aromatic amines is 1. The zero-order valence-corrected chi connectivity index (χ0v) is 20.2. The number of amides is 1. The second-order valence-electron chi connectivity index (χ2n) is 7.69. The third-order valence-electron chi connectivity index (χ3n) is 5.27. The van der Waals surface area contributed by atoms with E-state index < -0.39 is 0 Å². The maximum atomic E-state index is 13.3. The molecule has 2 N–H and O–H groups in total. The molecule has 0 radical (unpaired) electrons. The van der Waals surface area contributed by atoms with E-state index in [0.717, 1.165) is 23.0 Å². The number of hydrogen-bond donors (Lipinski definition) is 2. The number of H-pyrrole nitrogens is 1. The number of aromatic nitrogens is 2. The number of hydrogen-bond acceptors (Lipinski definition) is 4. The summed E-state index contributed by atoms with van der Waals surface area (Å²) >= 11 is 3.52. The van der Waals surface area contributed by atoms with Crippen LogP contribution in [0.4, 0.5) is 0 Å². The molecule has 0 aliphatic rings. The van der Waals surface area contributed by atoms with Crippen molar-refractivity contribution >= 4 is 32.9 Å². The Morgan fingerprint density at radius 2 is 1.88 bits per heavy atom. The SMILES string of the molecule is CCCOc1c(Br)cc(C(=O)NC(Cc2ccccc2)c2nc3ccccc3[nH]2)cc1OC. The van der Waals surface area contributed by atoms with Crippen LogP contribution in [0.5, 0.6) is 11.5 Å². The van der Waals surface area contributed by atoms with Crippen LogP contribution in [0, 0.1) is 0 Å². The summed E-state index contributed by atoms with van der Waals surface area (Å²) < 4.78 is 11.9. The van der Waals surface area contributed by atoms with Gasteiger partial charge in [-0.25, -0.2) is 4.98 Å². The minimum absolute atomic E-state index is 0.225. The van der Waals surface area contributed by atoms with Crippen molar-refractivity contribution in [1.29, 1.82) is 0 Å². The quantitative estimate of drug-likeness (QED) is 0.298. The monoisotopic (exact) mass is 507 g/mol. The second kappa shape index (κ2) is 10.5. The van der Waals surface area contributed by atoms with Gasteiger partial charge in [-0.3, -0.25) is 4.79 Å². The molecule has 1 unspecified atom stereocenters. The van der Waals surface area contributed by atoms with Crippen molar-refractivity contribution < 1.29 is 14.3 Å². The lowest BCUT2D eigenvalue weighted by molar-refractivity contribution is 0.0934. The van der Waals surface area contributed by atoms with Gasteiger partial charge in [0.15, 0.2) is 11.5 Å². The zero-order valence-electron chi connectivity index (χ0n) is 18.6. The number of carbonyl (C=O) groups is 1. The molecule has 1 amide bonds. The van der Waals surface area contributed by atoms with Gasteiger partial charge in [0.1, 0.15) is 5.82 Å². The zero-order chi connectivity index (χ0) is 23.2. The highest BCUT2D eigenvalue weighted by atomic mass is 79.9. The number of imidazole rings is 1. The van der Waals surface area contributed by atoms with Crippen LogP contribution in [0.2, 0.25) is 0 Å². The largest absolute Gasteiger partial charge is 0.493 e. The minimum atomic E-state index is -0.340. The molecule has 0 saturated carbocycles. The summed E-state index contributed by atoms with van der Waals surface area (Å²) in [5.74, 6) is 1.58. The summed E-state index contributed by atoms with van der Waals surface area (Å²) in [5, 5.41) is 3.15. The Kier molecular flexibility index (Phi) is 7.29. The van der Waals surface area contributed by atoms with E-state index in [4.69, 9.17) is 14.5 Å². The molecule has 170 valence electrons. The fourth-order valence-corrected chi connectivity index (χ4v) is 4.20. The highest BCUT2D eigenvalue weighted by molar-refractivity contribution is 9.10. The van der Waals surface area contributed by atoms with Crippen molar-refractivity contribution in [3.05, 3.63) is 88.2 Å². The predicted octanol–water partition coefficient (Wildman–Crippen LogP) is 5.84. The van der Waals surface area contributed by atoms with Crippen LogP contribution in [-0.4, -0.2) is 29.6 Å². The number of carbonyl (C=O) groups excluding carboxylic acids is 1. The molecule has 1 atom stereocenters. The summed E-state index contributed by atoms with van der Waals surface area (Å²) in [5.41, 5.74) is 3.37. The maximum absolute atomic E-state index is 13.3. The standard InChI is InChI=1S/C26H26BrN3O3/c1-3-13-33-24-19(27)15-18(16-23(24)32-2)26(31)30-22(14-17-9-5-4-6-10-17)25-28-20-11-7-8-12-21(20)29-25/h4-12,15-16,22H,3,13-14H2,1-2H3,(H,28,29)(H,30,31). The fourth-order valence-electron chi connectivity index (χ4n) is 3.64. The normalized spacial score (nSPS) is 11.8. The van der Waals surface area contributed by atoms with Crippen molar-refractivity contribution in [3.63, 3.8) is 0 Å². The number of para-hydroxylation sites is 2. The van der Waals surface area contributed by atoms with Crippen molar-refractivity contribution in [2.45, 2.75) is 25.8 Å². The van der Waals surface area contributed by atoms with Crippen molar-refractivity contribution in [2.24, 2.45) is 0 Å². The van der Waals surface area contributed by atoms with Gasteiger partial charge < -0.3 is 19.8 Å². The van der Waals surface area contributed by atoms with Gasteiger partial charge in [0, 0.05) is 5.56 Å². The molecule has 1 heterocycles. The van der Waals surface area contributed by atoms with Gasteiger partial charge in [0.2, 0.25) is 0 Å². The first-order chi connectivity index (χ1) is 16.1. The first-order valence-corrected chi connectivity index (χ1v) is 11.7. The van der Waals surface area contributed by atoms with E-state index in [1.54, 1.807) is 19.2 Å². The highest BCUT2D eigenvalue weighted by Crippen LogP contribution is 2.37. The molecule has 3 aromatic carbocycles. The summed E-state index contributed by atoms with van der Waals surface area (Å²) in [6.45, 7) is 2.60. The Balaban J connectivity index is 1.64. The molecular formula is C26H26BrN3O3. The molecule has 33 heavy (non-hydrogen) atoms. The van der Waals surface area contributed by atoms with E-state index in [1.165, 1.54) is 0 Å². The lowest BCUT2D eigenvalue weighted by atomic mass is 10.0. The van der Waals surface area contributed by atoms with Gasteiger partial charge in [-0.2, -0.15) is 0 Å². The average molecular weight is 508 g/mol. The maximum Gasteiger partial charge on any atom is 0.252 e. The highest BCUT2D eigenvalue weighted by Gasteiger charge is 2.22. The van der Waals surface area contributed by atoms with Crippen LogP contribution < -0.4 is 14.8 Å². The molecule has 4 aromatic rings. The summed E-state index contributed by atoms with van der Waals surface area (Å²) in [6.07, 6.45) is 1.47. The van der Waals surface area contributed by atoms with Crippen LogP contribution in [0.3, 0.4) is 0 Å². The average Bonchev–Trinajstić information content (AvgIpc) is 3.27. The molecule has 6 nitrogen and oxygen atoms in total. The van der Waals surface area contributed by atoms with Crippen LogP contribution >= 0.6 is 15.9 Å². The molecule has 4 rings (SSSR count). The van der Waals surface area contributed by atoms with Crippen LogP contribution in [-0.2, 0) is 6.42 Å². The molecule has 0 spiro atoms. The van der Waals surface area contributed by atoms with Crippen molar-refractivity contribution in [3.8, 4) is 11.5 Å². The Morgan fingerprint density at radius 1 is 1.12 bits per heavy atom. The van der Waals surface area contributed by atoms with E-state index in [1.807, 2.05) is 61.5 Å². The number of rotatable bonds is 9. The van der Waals surface area contributed by atoms with E-state index in [2.05, 4.69) is 26.2 Å². The molecular weight excluding hydrogens is 482 g/mol. The van der Waals surface area contributed by atoms with Gasteiger partial charge in [0.05, 0.1) is 35.3 Å². The Hall–Kier alpha value is -3.32. The molecule has 0 saturated heterocycles. The third-order valence-corrected chi connectivity index (χ3v) is 5.86. The van der Waals surface area contributed by atoms with E-state index >= 15 is 0 Å². The van der Waals surface area contributed by atoms with Gasteiger partial charge in [0.25, 0.3) is 5.91 Å². The van der Waals surface area contributed by atoms with Crippen LogP contribution in [0.25, 0.3) is 11.0 Å². The Morgan fingerprint density at radius 3 is 2.61 bits per heavy atom. The summed E-state index contributed by atoms with van der Waals surface area (Å²) in [4.78, 5) is 21.4. The first kappa shape index (κ1) is 22.9. The number of nitrogens with one attached hydrogen (secondary N) is 2. The predicted molar refractivity (Wildman–Crippen MR) is 133 cm³/mol. The summed E-state index contributed by atoms with van der Waals surface area (Å²) in [6, 6.07) is 21.0. The number of halogens is 1. The third kappa shape index (κ3) is 5.37. The van der Waals surface area contributed by atoms with E-state index in [0.29, 0.717) is 40.4 Å². The minimum Gasteiger partial charge on any atom is -0.493 e. The van der Waals surface area contributed by atoms with E-state index in [-0.39, 0.29) is 11.9 Å². The summed E-state index contributed by atoms with van der Waals surface area (Å²) in [7, 11) is 1.56. The second-order valence-corrected chi connectivity index (χ2v) is 8.55. The number of methoxy groups -OCH3 is 1. The van der Waals surface area contributed by atoms with Crippen LogP contribution in [0.15, 0.2) is 71.2 Å². The lowest BCUT2D eigenvalue weighted by Crippen LogP contribution is -2.30. The first-order valence-electron chi connectivity index (χ1n) is 10.9. The molecule has 1 aromatic heterocycles. The van der Waals surface area contributed by atoms with Gasteiger partial charge in [-0.1, -0.05) is 49.4 Å². The van der Waals surface area contributed by atoms with E-state index in [9.17, 15) is 4.79 Å². The lowest BCUT2D eigenvalue weighted by Gasteiger charge is -2.18. The molecule has 0 aliphatic heterocycles. The van der Waals surface area contributed by atoms with Crippen LogP contribution in [0.1, 0.15) is 41.1 Å². The topological polar surface area (TPSA) is 76.2 Å². The fraction of sp³-hybridized carbons (Fsp3) is 0.231. The number of nitrogens with zero attached hydrogens (tertiary/aromatic N) is 1. The molecule has 0 bridgehead atoms.